The molecule has 0 aromatic heterocycles. The van der Waals surface area contributed by atoms with Crippen LogP contribution < -0.4 is 4.74 Å². The molecule has 0 N–H and O–H groups in total. The van der Waals surface area contributed by atoms with Crippen molar-refractivity contribution in [3.8, 4) is 5.75 Å². The second-order valence-corrected chi connectivity index (χ2v) is 12.1. The van der Waals surface area contributed by atoms with Gasteiger partial charge in [0.2, 0.25) is 0 Å². The van der Waals surface area contributed by atoms with E-state index < -0.39 is 39.2 Å². The molecule has 1 saturated heterocycles. The van der Waals surface area contributed by atoms with Crippen molar-refractivity contribution >= 4 is 33.4 Å². The van der Waals surface area contributed by atoms with Gasteiger partial charge in [0, 0.05) is 39.1 Å². The van der Waals surface area contributed by atoms with Crippen LogP contribution in [0, 0.1) is 0 Å². The van der Waals surface area contributed by atoms with Crippen LogP contribution in [0.25, 0.3) is 0 Å². The number of rotatable bonds is 7. The van der Waals surface area contributed by atoms with Gasteiger partial charge in [-0.1, -0.05) is 30.3 Å². The van der Waals surface area contributed by atoms with E-state index in [1.54, 1.807) is 24.3 Å². The summed E-state index contributed by atoms with van der Waals surface area (Å²) in [5, 5.41) is 0. The number of nitrogens with zero attached hydrogens (tertiary/aromatic N) is 3. The first-order valence-electron chi connectivity index (χ1n) is 12.9. The smallest absolute Gasteiger partial charge is 0.488 e. The van der Waals surface area contributed by atoms with E-state index >= 15 is 0 Å². The Morgan fingerprint density at radius 1 is 0.878 bits per heavy atom. The number of sulfonamides is 1. The van der Waals surface area contributed by atoms with Gasteiger partial charge in [0.15, 0.2) is 5.78 Å². The highest BCUT2D eigenvalue weighted by atomic mass is 32.2. The predicted octanol–water partition coefficient (Wildman–Crippen LogP) is 2.52. The van der Waals surface area contributed by atoms with Crippen LogP contribution in [0.5, 0.6) is 5.75 Å². The Labute approximate surface area is 233 Å². The fourth-order valence-electron chi connectivity index (χ4n) is 5.24. The van der Waals surface area contributed by atoms with E-state index in [2.05, 4.69) is 0 Å². The van der Waals surface area contributed by atoms with Crippen molar-refractivity contribution in [1.29, 1.82) is 0 Å². The van der Waals surface area contributed by atoms with E-state index in [-0.39, 0.29) is 74.7 Å². The molecular weight excluding hydrogens is 567 g/mol. The van der Waals surface area contributed by atoms with Gasteiger partial charge in [0.05, 0.1) is 23.6 Å². The number of carbonyl (C=O) groups is 4. The van der Waals surface area contributed by atoms with Crippen LogP contribution in [0.2, 0.25) is 0 Å². The SMILES string of the molecule is O=C1CCC(N2C(=O)c3cccc(OCc4ccc(CN5CCN(S(=O)(=O)C(F)(F)F)CC5)cc4)c3C2=O)C(=O)C1. The fourth-order valence-corrected chi connectivity index (χ4v) is 6.18. The molecule has 10 nitrogen and oxygen atoms in total. The number of hydrogen-bond acceptors (Lipinski definition) is 8. The number of ether oxygens (including phenoxy) is 1. The fraction of sp³-hybridized carbons (Fsp3) is 0.407. The number of benzene rings is 2. The van der Waals surface area contributed by atoms with Gasteiger partial charge in [0.25, 0.3) is 11.8 Å². The molecule has 5 rings (SSSR count). The molecule has 2 heterocycles. The number of alkyl halides is 3. The van der Waals surface area contributed by atoms with Gasteiger partial charge in [0.1, 0.15) is 18.1 Å². The standard InChI is InChI=1S/C27H26F3N3O7S/c28-27(29,30)41(38,39)32-12-10-31(11-13-32)15-17-4-6-18(7-5-17)16-40-23-3-1-2-20-24(23)26(37)33(25(20)36)21-9-8-19(34)14-22(21)35/h1-7,21H,8-16H2. The molecule has 3 aliphatic rings. The second-order valence-electron chi connectivity index (χ2n) is 10.1. The Morgan fingerprint density at radius 2 is 1.54 bits per heavy atom. The van der Waals surface area contributed by atoms with Gasteiger partial charge in [-0.25, -0.2) is 8.42 Å². The third kappa shape index (κ3) is 5.63. The second kappa shape index (κ2) is 11.0. The average molecular weight is 594 g/mol. The molecular formula is C27H26F3N3O7S. The Balaban J connectivity index is 1.19. The average Bonchev–Trinajstić information content (AvgIpc) is 3.18. The summed E-state index contributed by atoms with van der Waals surface area (Å²) in [6.45, 7) is 0.313. The number of Topliss-reactive ketones (excluding diaryl/α,β-unsaturated/α-hetero) is 2. The van der Waals surface area contributed by atoms with E-state index in [0.29, 0.717) is 10.8 Å². The molecule has 2 aliphatic heterocycles. The summed E-state index contributed by atoms with van der Waals surface area (Å²) in [4.78, 5) is 53.0. The molecule has 218 valence electrons. The summed E-state index contributed by atoms with van der Waals surface area (Å²) < 4.78 is 67.9. The van der Waals surface area contributed by atoms with E-state index in [9.17, 15) is 40.8 Å². The van der Waals surface area contributed by atoms with Crippen molar-refractivity contribution in [3.05, 3.63) is 64.7 Å². The van der Waals surface area contributed by atoms with Crippen LogP contribution in [-0.4, -0.2) is 83.6 Å². The number of imide groups is 1. The first kappa shape index (κ1) is 28.9. The first-order valence-corrected chi connectivity index (χ1v) is 14.4. The maximum atomic E-state index is 13.2. The van der Waals surface area contributed by atoms with Gasteiger partial charge in [-0.2, -0.15) is 17.5 Å². The minimum Gasteiger partial charge on any atom is -0.488 e. The zero-order valence-corrected chi connectivity index (χ0v) is 22.5. The van der Waals surface area contributed by atoms with Crippen LogP contribution >= 0.6 is 0 Å². The maximum absolute atomic E-state index is 13.2. The topological polar surface area (TPSA) is 121 Å². The lowest BCUT2D eigenvalue weighted by atomic mass is 9.92. The molecule has 1 saturated carbocycles. The molecule has 14 heteroatoms. The van der Waals surface area contributed by atoms with Crippen molar-refractivity contribution in [2.45, 2.75) is 44.0 Å². The van der Waals surface area contributed by atoms with Crippen molar-refractivity contribution in [2.75, 3.05) is 26.2 Å². The lowest BCUT2D eigenvalue weighted by Gasteiger charge is -2.34. The van der Waals surface area contributed by atoms with Crippen LogP contribution in [0.3, 0.4) is 0 Å². The number of carbonyl (C=O) groups excluding carboxylic acids is 4. The molecule has 0 bridgehead atoms. The molecule has 1 atom stereocenters. The van der Waals surface area contributed by atoms with Crippen molar-refractivity contribution in [1.82, 2.24) is 14.1 Å². The number of fused-ring (bicyclic) bond motifs is 1. The van der Waals surface area contributed by atoms with Gasteiger partial charge < -0.3 is 4.74 Å². The summed E-state index contributed by atoms with van der Waals surface area (Å²) >= 11 is 0. The van der Waals surface area contributed by atoms with Crippen LogP contribution in [0.15, 0.2) is 42.5 Å². The molecule has 2 fully saturated rings. The summed E-state index contributed by atoms with van der Waals surface area (Å²) in [7, 11) is -5.33. The summed E-state index contributed by atoms with van der Waals surface area (Å²) in [6.07, 6.45) is -0.0685. The Kier molecular flexibility index (Phi) is 7.74. The normalized spacial score (nSPS) is 21.0. The Hall–Kier alpha value is -3.62. The van der Waals surface area contributed by atoms with Gasteiger partial charge in [-0.15, -0.1) is 0 Å². The van der Waals surface area contributed by atoms with Crippen molar-refractivity contribution in [2.24, 2.45) is 0 Å². The predicted molar refractivity (Wildman–Crippen MR) is 137 cm³/mol. The van der Waals surface area contributed by atoms with Gasteiger partial charge in [-0.05, 0) is 29.7 Å². The molecule has 0 radical (unpaired) electrons. The Bertz CT molecular complexity index is 1500. The van der Waals surface area contributed by atoms with Gasteiger partial charge in [-0.3, -0.25) is 29.0 Å². The molecule has 41 heavy (non-hydrogen) atoms. The number of halogens is 3. The minimum atomic E-state index is -5.33. The number of piperazine rings is 1. The highest BCUT2D eigenvalue weighted by Crippen LogP contribution is 2.35. The molecule has 1 unspecified atom stereocenters. The third-order valence-corrected chi connectivity index (χ3v) is 9.08. The van der Waals surface area contributed by atoms with Crippen LogP contribution in [0.4, 0.5) is 13.2 Å². The largest absolute Gasteiger partial charge is 0.511 e. The summed E-state index contributed by atoms with van der Waals surface area (Å²) in [5.74, 6) is -1.70. The van der Waals surface area contributed by atoms with Crippen LogP contribution in [-0.2, 0) is 32.8 Å². The zero-order chi connectivity index (χ0) is 29.5. The highest BCUT2D eigenvalue weighted by Gasteiger charge is 2.50. The summed E-state index contributed by atoms with van der Waals surface area (Å²) in [5.41, 5.74) is -3.48. The van der Waals surface area contributed by atoms with Gasteiger partial charge >= 0.3 is 15.5 Å². The monoisotopic (exact) mass is 593 g/mol. The van der Waals surface area contributed by atoms with E-state index in [4.69, 9.17) is 4.74 Å². The van der Waals surface area contributed by atoms with E-state index in [1.807, 2.05) is 17.0 Å². The highest BCUT2D eigenvalue weighted by molar-refractivity contribution is 7.90. The number of amides is 2. The molecule has 2 aromatic carbocycles. The molecule has 2 aromatic rings. The number of ketones is 2. The van der Waals surface area contributed by atoms with Crippen molar-refractivity contribution in [3.63, 3.8) is 0 Å². The lowest BCUT2D eigenvalue weighted by Crippen LogP contribution is -2.51. The third-order valence-electron chi connectivity index (χ3n) is 7.45. The molecule has 0 spiro atoms. The van der Waals surface area contributed by atoms with E-state index in [0.717, 1.165) is 16.0 Å². The zero-order valence-electron chi connectivity index (χ0n) is 21.7. The molecule has 2 amide bonds. The van der Waals surface area contributed by atoms with Crippen LogP contribution in [0.1, 0.15) is 51.1 Å². The van der Waals surface area contributed by atoms with Crippen molar-refractivity contribution < 1.29 is 45.5 Å². The maximum Gasteiger partial charge on any atom is 0.511 e. The van der Waals surface area contributed by atoms with E-state index in [1.165, 1.54) is 6.07 Å². The summed E-state index contributed by atoms with van der Waals surface area (Å²) in [6, 6.07) is 10.9. The lowest BCUT2D eigenvalue weighted by molar-refractivity contribution is -0.132. The Morgan fingerprint density at radius 3 is 2.17 bits per heavy atom. The number of hydrogen-bond donors (Lipinski definition) is 0. The first-order chi connectivity index (χ1) is 19.4. The molecule has 1 aliphatic carbocycles. The quantitative estimate of drug-likeness (QED) is 0.355. The minimum absolute atomic E-state index is 0.0725.